The normalized spacial score (nSPS) is 14.4. The lowest BCUT2D eigenvalue weighted by Gasteiger charge is -2.18. The summed E-state index contributed by atoms with van der Waals surface area (Å²) in [4.78, 5) is 2.22. The van der Waals surface area contributed by atoms with E-state index in [-0.39, 0.29) is 5.84 Å². The molecule has 0 atom stereocenters. The second kappa shape index (κ2) is 7.43. The zero-order valence-electron chi connectivity index (χ0n) is 12.9. The number of benzene rings is 1. The number of methoxy groups -OCH3 is 1. The molecular formula is C16H25N3O2. The van der Waals surface area contributed by atoms with Gasteiger partial charge in [-0.25, -0.2) is 0 Å². The molecular weight excluding hydrogens is 266 g/mol. The van der Waals surface area contributed by atoms with Crippen LogP contribution in [0.3, 0.4) is 0 Å². The van der Waals surface area contributed by atoms with E-state index in [2.05, 4.69) is 11.9 Å². The van der Waals surface area contributed by atoms with Gasteiger partial charge in [-0.2, -0.15) is 0 Å². The van der Waals surface area contributed by atoms with Crippen molar-refractivity contribution in [1.82, 2.24) is 4.90 Å². The Morgan fingerprint density at radius 3 is 2.81 bits per heavy atom. The van der Waals surface area contributed by atoms with Crippen molar-refractivity contribution in [2.45, 2.75) is 19.4 Å². The molecule has 1 aliphatic rings. The number of hydrogen-bond donors (Lipinski definition) is 2. The van der Waals surface area contributed by atoms with Gasteiger partial charge < -0.3 is 15.2 Å². The van der Waals surface area contributed by atoms with E-state index in [1.54, 1.807) is 7.11 Å². The van der Waals surface area contributed by atoms with Gasteiger partial charge >= 0.3 is 0 Å². The summed E-state index contributed by atoms with van der Waals surface area (Å²) in [5, 5.41) is 7.51. The Morgan fingerprint density at radius 1 is 1.43 bits per heavy atom. The Bertz CT molecular complexity index is 486. The Kier molecular flexibility index (Phi) is 5.59. The molecule has 0 bridgehead atoms. The third-order valence-corrected chi connectivity index (χ3v) is 3.68. The summed E-state index contributed by atoms with van der Waals surface area (Å²) in [5.41, 5.74) is 7.30. The summed E-state index contributed by atoms with van der Waals surface area (Å²) in [6, 6.07) is 5.77. The minimum Gasteiger partial charge on any atom is -0.496 e. The van der Waals surface area contributed by atoms with E-state index < -0.39 is 0 Å². The Morgan fingerprint density at radius 2 is 2.19 bits per heavy atom. The van der Waals surface area contributed by atoms with Crippen molar-refractivity contribution in [2.75, 3.05) is 33.9 Å². The fourth-order valence-corrected chi connectivity index (χ4v) is 2.20. The van der Waals surface area contributed by atoms with Gasteiger partial charge in [0.15, 0.2) is 0 Å². The average Bonchev–Trinajstić information content (AvgIpc) is 3.27. The van der Waals surface area contributed by atoms with Crippen LogP contribution >= 0.6 is 0 Å². The molecule has 0 unspecified atom stereocenters. The first kappa shape index (κ1) is 15.8. The van der Waals surface area contributed by atoms with Crippen LogP contribution in [0.4, 0.5) is 0 Å². The summed E-state index contributed by atoms with van der Waals surface area (Å²) in [6.45, 7) is 3.41. The van der Waals surface area contributed by atoms with Crippen molar-refractivity contribution in [2.24, 2.45) is 11.7 Å². The van der Waals surface area contributed by atoms with Crippen LogP contribution in [0.2, 0.25) is 0 Å². The van der Waals surface area contributed by atoms with Crippen LogP contribution in [0.5, 0.6) is 5.75 Å². The van der Waals surface area contributed by atoms with Gasteiger partial charge in [0, 0.05) is 19.7 Å². The molecule has 5 heteroatoms. The molecule has 3 N–H and O–H groups in total. The summed E-state index contributed by atoms with van der Waals surface area (Å²) in [7, 11) is 3.67. The molecule has 0 radical (unpaired) electrons. The van der Waals surface area contributed by atoms with Crippen LogP contribution in [-0.4, -0.2) is 44.7 Å². The van der Waals surface area contributed by atoms with Crippen molar-refractivity contribution in [3.8, 4) is 5.75 Å². The van der Waals surface area contributed by atoms with Gasteiger partial charge in [-0.15, -0.1) is 0 Å². The molecule has 1 saturated carbocycles. The van der Waals surface area contributed by atoms with Crippen molar-refractivity contribution in [3.05, 3.63) is 29.3 Å². The Balaban J connectivity index is 1.81. The SMILES string of the molecule is COc1cc(CN(C)CCOCC2CC2)ccc1C(=N)N. The van der Waals surface area contributed by atoms with E-state index in [1.165, 1.54) is 12.8 Å². The summed E-state index contributed by atoms with van der Waals surface area (Å²) < 4.78 is 10.9. The molecule has 116 valence electrons. The highest BCUT2D eigenvalue weighted by Gasteiger charge is 2.20. The number of rotatable bonds is 9. The quantitative estimate of drug-likeness (QED) is 0.414. The van der Waals surface area contributed by atoms with E-state index in [4.69, 9.17) is 20.6 Å². The molecule has 1 fully saturated rings. The first-order chi connectivity index (χ1) is 10.1. The first-order valence-electron chi connectivity index (χ1n) is 7.37. The number of amidine groups is 1. The lowest BCUT2D eigenvalue weighted by molar-refractivity contribution is 0.102. The molecule has 1 aromatic rings. The minimum absolute atomic E-state index is 0.0280. The second-order valence-corrected chi connectivity index (χ2v) is 5.70. The lowest BCUT2D eigenvalue weighted by atomic mass is 10.1. The smallest absolute Gasteiger partial charge is 0.130 e. The second-order valence-electron chi connectivity index (χ2n) is 5.70. The van der Waals surface area contributed by atoms with Crippen LogP contribution in [-0.2, 0) is 11.3 Å². The van der Waals surface area contributed by atoms with Crippen molar-refractivity contribution in [3.63, 3.8) is 0 Å². The standard InChI is InChI=1S/C16H25N3O2/c1-19(7-8-21-11-12-3-4-12)10-13-5-6-14(16(17)18)15(9-13)20-2/h5-6,9,12H,3-4,7-8,10-11H2,1-2H3,(H3,17,18). The predicted molar refractivity (Wildman–Crippen MR) is 83.9 cm³/mol. The van der Waals surface area contributed by atoms with Gasteiger partial charge in [-0.1, -0.05) is 6.07 Å². The molecule has 2 rings (SSSR count). The average molecular weight is 291 g/mol. The maximum absolute atomic E-state index is 7.51. The molecule has 1 aromatic carbocycles. The van der Waals surface area contributed by atoms with E-state index in [0.29, 0.717) is 11.3 Å². The number of nitrogen functional groups attached to an aromatic ring is 1. The van der Waals surface area contributed by atoms with Crippen LogP contribution in [0, 0.1) is 11.3 Å². The van der Waals surface area contributed by atoms with E-state index in [0.717, 1.165) is 37.8 Å². The first-order valence-corrected chi connectivity index (χ1v) is 7.37. The van der Waals surface area contributed by atoms with Gasteiger partial charge in [0.05, 0.1) is 19.3 Å². The number of nitrogens with two attached hydrogens (primary N) is 1. The zero-order valence-corrected chi connectivity index (χ0v) is 12.9. The highest BCUT2D eigenvalue weighted by Crippen LogP contribution is 2.28. The molecule has 0 saturated heterocycles. The van der Waals surface area contributed by atoms with Crippen molar-refractivity contribution < 1.29 is 9.47 Å². The molecule has 0 spiro atoms. The van der Waals surface area contributed by atoms with Crippen molar-refractivity contribution in [1.29, 1.82) is 5.41 Å². The fourth-order valence-electron chi connectivity index (χ4n) is 2.20. The number of nitrogens with zero attached hydrogens (tertiary/aromatic N) is 1. The third kappa shape index (κ3) is 5.02. The fraction of sp³-hybridized carbons (Fsp3) is 0.562. The topological polar surface area (TPSA) is 71.6 Å². The minimum atomic E-state index is 0.0280. The highest BCUT2D eigenvalue weighted by molar-refractivity contribution is 5.97. The number of hydrogen-bond acceptors (Lipinski definition) is 4. The maximum atomic E-state index is 7.51. The summed E-state index contributed by atoms with van der Waals surface area (Å²) in [5.74, 6) is 1.50. The van der Waals surface area contributed by atoms with E-state index >= 15 is 0 Å². The molecule has 0 amide bonds. The Hall–Kier alpha value is -1.59. The van der Waals surface area contributed by atoms with Crippen LogP contribution in [0.25, 0.3) is 0 Å². The van der Waals surface area contributed by atoms with E-state index in [9.17, 15) is 0 Å². The van der Waals surface area contributed by atoms with Crippen LogP contribution in [0.1, 0.15) is 24.0 Å². The lowest BCUT2D eigenvalue weighted by Crippen LogP contribution is -2.23. The largest absolute Gasteiger partial charge is 0.496 e. The molecule has 21 heavy (non-hydrogen) atoms. The highest BCUT2D eigenvalue weighted by atomic mass is 16.5. The predicted octanol–water partition coefficient (Wildman–Crippen LogP) is 1.84. The van der Waals surface area contributed by atoms with Crippen molar-refractivity contribution >= 4 is 5.84 Å². The van der Waals surface area contributed by atoms with E-state index in [1.807, 2.05) is 18.2 Å². The summed E-state index contributed by atoms with van der Waals surface area (Å²) >= 11 is 0. The van der Waals surface area contributed by atoms with Gasteiger partial charge in [0.25, 0.3) is 0 Å². The summed E-state index contributed by atoms with van der Waals surface area (Å²) in [6.07, 6.45) is 2.66. The van der Waals surface area contributed by atoms with Gasteiger partial charge in [0.2, 0.25) is 0 Å². The zero-order chi connectivity index (χ0) is 15.2. The number of nitrogens with one attached hydrogen (secondary N) is 1. The van der Waals surface area contributed by atoms with Crippen LogP contribution < -0.4 is 10.5 Å². The maximum Gasteiger partial charge on any atom is 0.130 e. The van der Waals surface area contributed by atoms with Crippen LogP contribution in [0.15, 0.2) is 18.2 Å². The molecule has 0 aromatic heterocycles. The number of ether oxygens (including phenoxy) is 2. The third-order valence-electron chi connectivity index (χ3n) is 3.68. The Labute approximate surface area is 126 Å². The van der Waals surface area contributed by atoms with Gasteiger partial charge in [0.1, 0.15) is 11.6 Å². The number of likely N-dealkylation sites (N-methyl/N-ethyl adjacent to an activating group) is 1. The monoisotopic (exact) mass is 291 g/mol. The molecule has 0 aliphatic heterocycles. The molecule has 0 heterocycles. The van der Waals surface area contributed by atoms with Gasteiger partial charge in [-0.05, 0) is 43.5 Å². The molecule has 1 aliphatic carbocycles. The van der Waals surface area contributed by atoms with Gasteiger partial charge in [-0.3, -0.25) is 10.3 Å². The molecule has 5 nitrogen and oxygen atoms in total.